The van der Waals surface area contributed by atoms with E-state index in [1.807, 2.05) is 39.0 Å². The van der Waals surface area contributed by atoms with Crippen molar-refractivity contribution in [2.45, 2.75) is 38.8 Å². The molecule has 0 radical (unpaired) electrons. The Hall–Kier alpha value is -1.55. The molecule has 0 bridgehead atoms. The van der Waals surface area contributed by atoms with Crippen molar-refractivity contribution in [3.8, 4) is 5.75 Å². The predicted octanol–water partition coefficient (Wildman–Crippen LogP) is 2.36. The third kappa shape index (κ3) is 3.26. The lowest BCUT2D eigenvalue weighted by Gasteiger charge is -2.38. The van der Waals surface area contributed by atoms with Crippen LogP contribution in [0.2, 0.25) is 0 Å². The van der Waals surface area contributed by atoms with Crippen molar-refractivity contribution in [3.05, 3.63) is 29.3 Å². The summed E-state index contributed by atoms with van der Waals surface area (Å²) < 4.78 is 10.9. The lowest BCUT2D eigenvalue weighted by Crippen LogP contribution is -2.42. The number of hydrogen-bond donors (Lipinski definition) is 1. The van der Waals surface area contributed by atoms with Crippen molar-refractivity contribution in [1.82, 2.24) is 5.32 Å². The fourth-order valence-corrected chi connectivity index (χ4v) is 2.45. The number of nitrogens with one attached hydrogen (secondary N) is 1. The van der Waals surface area contributed by atoms with Crippen LogP contribution in [0.3, 0.4) is 0 Å². The third-order valence-electron chi connectivity index (χ3n) is 3.24. The van der Waals surface area contributed by atoms with Gasteiger partial charge < -0.3 is 14.8 Å². The van der Waals surface area contributed by atoms with Crippen LogP contribution in [-0.2, 0) is 9.53 Å². The van der Waals surface area contributed by atoms with E-state index in [9.17, 15) is 4.79 Å². The molecule has 0 aliphatic carbocycles. The predicted molar refractivity (Wildman–Crippen MR) is 73.3 cm³/mol. The molecule has 0 saturated heterocycles. The van der Waals surface area contributed by atoms with Crippen molar-refractivity contribution in [1.29, 1.82) is 0 Å². The fraction of sp³-hybridized carbons (Fsp3) is 0.533. The maximum Gasteiger partial charge on any atom is 0.246 e. The standard InChI is InChI=1S/C15H21NO3/c1-10-5-6-11-12(16-14(17)9-18-4)8-15(2,3)19-13(11)7-10/h5-7,12H,8-9H2,1-4H3,(H,16,17)/t12-/m1/s1. The molecule has 0 unspecified atom stereocenters. The summed E-state index contributed by atoms with van der Waals surface area (Å²) in [5.41, 5.74) is 1.90. The monoisotopic (exact) mass is 263 g/mol. The Morgan fingerprint density at radius 3 is 2.95 bits per heavy atom. The van der Waals surface area contributed by atoms with Gasteiger partial charge in [0.15, 0.2) is 0 Å². The van der Waals surface area contributed by atoms with Gasteiger partial charge >= 0.3 is 0 Å². The van der Waals surface area contributed by atoms with Crippen LogP contribution in [0.1, 0.15) is 37.4 Å². The Morgan fingerprint density at radius 2 is 2.26 bits per heavy atom. The molecule has 0 fully saturated rings. The van der Waals surface area contributed by atoms with Crippen LogP contribution in [0.15, 0.2) is 18.2 Å². The van der Waals surface area contributed by atoms with E-state index >= 15 is 0 Å². The molecule has 104 valence electrons. The highest BCUT2D eigenvalue weighted by Crippen LogP contribution is 2.39. The number of carbonyl (C=O) groups excluding carboxylic acids is 1. The first-order valence-electron chi connectivity index (χ1n) is 6.49. The molecular formula is C15H21NO3. The average Bonchev–Trinajstić information content (AvgIpc) is 2.26. The lowest BCUT2D eigenvalue weighted by atomic mass is 9.89. The number of hydrogen-bond acceptors (Lipinski definition) is 3. The summed E-state index contributed by atoms with van der Waals surface area (Å²) >= 11 is 0. The van der Waals surface area contributed by atoms with Crippen LogP contribution in [0, 0.1) is 6.92 Å². The number of aryl methyl sites for hydroxylation is 1. The quantitative estimate of drug-likeness (QED) is 0.910. The highest BCUT2D eigenvalue weighted by molar-refractivity contribution is 5.77. The zero-order valence-corrected chi connectivity index (χ0v) is 11.9. The van der Waals surface area contributed by atoms with E-state index in [0.29, 0.717) is 0 Å². The Balaban J connectivity index is 2.27. The first-order valence-corrected chi connectivity index (χ1v) is 6.49. The van der Waals surface area contributed by atoms with E-state index < -0.39 is 0 Å². The smallest absolute Gasteiger partial charge is 0.246 e. The van der Waals surface area contributed by atoms with Gasteiger partial charge in [0.2, 0.25) is 5.91 Å². The van der Waals surface area contributed by atoms with Crippen molar-refractivity contribution < 1.29 is 14.3 Å². The maximum atomic E-state index is 11.7. The largest absolute Gasteiger partial charge is 0.487 e. The minimum absolute atomic E-state index is 0.0259. The summed E-state index contributed by atoms with van der Waals surface area (Å²) in [7, 11) is 1.52. The van der Waals surface area contributed by atoms with Crippen molar-refractivity contribution >= 4 is 5.91 Å². The Bertz CT molecular complexity index is 482. The molecule has 0 aromatic heterocycles. The summed E-state index contributed by atoms with van der Waals surface area (Å²) in [6, 6.07) is 6.06. The Labute approximate surface area is 114 Å². The topological polar surface area (TPSA) is 47.6 Å². The number of ether oxygens (including phenoxy) is 2. The zero-order valence-electron chi connectivity index (χ0n) is 11.9. The average molecular weight is 263 g/mol. The minimum Gasteiger partial charge on any atom is -0.487 e. The minimum atomic E-state index is -0.286. The van der Waals surface area contributed by atoms with Crippen molar-refractivity contribution in [3.63, 3.8) is 0 Å². The molecule has 2 rings (SSSR count). The lowest BCUT2D eigenvalue weighted by molar-refractivity contribution is -0.126. The van der Waals surface area contributed by atoms with Crippen LogP contribution in [0.4, 0.5) is 0 Å². The number of fused-ring (bicyclic) bond motifs is 1. The molecule has 1 amide bonds. The summed E-state index contributed by atoms with van der Waals surface area (Å²) in [6.07, 6.45) is 0.749. The van der Waals surface area contributed by atoms with Crippen LogP contribution >= 0.6 is 0 Å². The molecule has 1 atom stereocenters. The van der Waals surface area contributed by atoms with E-state index in [4.69, 9.17) is 9.47 Å². The second-order valence-electron chi connectivity index (χ2n) is 5.66. The summed E-state index contributed by atoms with van der Waals surface area (Å²) in [5, 5.41) is 3.01. The first-order chi connectivity index (χ1) is 8.91. The van der Waals surface area contributed by atoms with E-state index in [1.165, 1.54) is 7.11 Å². The van der Waals surface area contributed by atoms with Crippen LogP contribution < -0.4 is 10.1 Å². The van der Waals surface area contributed by atoms with Gasteiger partial charge in [-0.1, -0.05) is 12.1 Å². The van der Waals surface area contributed by atoms with Gasteiger partial charge in [0.1, 0.15) is 18.0 Å². The molecular weight excluding hydrogens is 242 g/mol. The number of carbonyl (C=O) groups is 1. The zero-order chi connectivity index (χ0) is 14.0. The molecule has 1 aromatic carbocycles. The summed E-state index contributed by atoms with van der Waals surface area (Å²) in [6.45, 7) is 6.18. The van der Waals surface area contributed by atoms with Gasteiger partial charge in [-0.25, -0.2) is 0 Å². The SMILES string of the molecule is COCC(=O)N[C@@H]1CC(C)(C)Oc2cc(C)ccc21. The molecule has 0 saturated carbocycles. The van der Waals surface area contributed by atoms with Crippen LogP contribution in [0.5, 0.6) is 5.75 Å². The summed E-state index contributed by atoms with van der Waals surface area (Å²) in [5.74, 6) is 0.760. The van der Waals surface area contributed by atoms with E-state index in [1.54, 1.807) is 0 Å². The summed E-state index contributed by atoms with van der Waals surface area (Å²) in [4.78, 5) is 11.7. The Kier molecular flexibility index (Phi) is 3.80. The molecule has 1 heterocycles. The fourth-order valence-electron chi connectivity index (χ4n) is 2.45. The van der Waals surface area contributed by atoms with E-state index in [-0.39, 0.29) is 24.2 Å². The maximum absolute atomic E-state index is 11.7. The van der Waals surface area contributed by atoms with Gasteiger partial charge in [0.05, 0.1) is 6.04 Å². The Morgan fingerprint density at radius 1 is 1.53 bits per heavy atom. The first kappa shape index (κ1) is 13.9. The van der Waals surface area contributed by atoms with Gasteiger partial charge in [-0.2, -0.15) is 0 Å². The van der Waals surface area contributed by atoms with Gasteiger partial charge in [-0.3, -0.25) is 4.79 Å². The van der Waals surface area contributed by atoms with Crippen molar-refractivity contribution in [2.75, 3.05) is 13.7 Å². The van der Waals surface area contributed by atoms with Gasteiger partial charge in [0.25, 0.3) is 0 Å². The molecule has 4 nitrogen and oxygen atoms in total. The molecule has 1 aliphatic heterocycles. The number of rotatable bonds is 3. The van der Waals surface area contributed by atoms with Gasteiger partial charge in [-0.05, 0) is 32.4 Å². The molecule has 1 N–H and O–H groups in total. The molecule has 1 aromatic rings. The van der Waals surface area contributed by atoms with E-state index in [2.05, 4.69) is 5.32 Å². The number of amides is 1. The second kappa shape index (κ2) is 5.21. The molecule has 0 spiro atoms. The van der Waals surface area contributed by atoms with Gasteiger partial charge in [-0.15, -0.1) is 0 Å². The van der Waals surface area contributed by atoms with E-state index in [0.717, 1.165) is 23.3 Å². The highest BCUT2D eigenvalue weighted by Gasteiger charge is 2.34. The molecule has 1 aliphatic rings. The number of benzene rings is 1. The normalized spacial score (nSPS) is 20.3. The van der Waals surface area contributed by atoms with Crippen molar-refractivity contribution in [2.24, 2.45) is 0 Å². The second-order valence-corrected chi connectivity index (χ2v) is 5.66. The molecule has 4 heteroatoms. The van der Waals surface area contributed by atoms with Crippen LogP contribution in [0.25, 0.3) is 0 Å². The van der Waals surface area contributed by atoms with Gasteiger partial charge in [0, 0.05) is 19.1 Å². The van der Waals surface area contributed by atoms with Crippen LogP contribution in [-0.4, -0.2) is 25.2 Å². The number of methoxy groups -OCH3 is 1. The molecule has 19 heavy (non-hydrogen) atoms. The highest BCUT2D eigenvalue weighted by atomic mass is 16.5. The third-order valence-corrected chi connectivity index (χ3v) is 3.24.